The van der Waals surface area contributed by atoms with Crippen LogP contribution in [0.4, 0.5) is 0 Å². The molecular formula is C25H24N2. The van der Waals surface area contributed by atoms with Crippen LogP contribution in [0.1, 0.15) is 26.3 Å². The number of hydrogen-bond acceptors (Lipinski definition) is 1. The molecule has 0 amide bonds. The van der Waals surface area contributed by atoms with Crippen molar-refractivity contribution in [3.63, 3.8) is 0 Å². The molecule has 0 aliphatic carbocycles. The van der Waals surface area contributed by atoms with Gasteiger partial charge in [0, 0.05) is 11.8 Å². The van der Waals surface area contributed by atoms with Gasteiger partial charge in [-0.2, -0.15) is 5.10 Å². The summed E-state index contributed by atoms with van der Waals surface area (Å²) < 4.78 is 1.93. The van der Waals surface area contributed by atoms with E-state index in [-0.39, 0.29) is 5.41 Å². The van der Waals surface area contributed by atoms with Gasteiger partial charge in [-0.3, -0.25) is 0 Å². The van der Waals surface area contributed by atoms with E-state index in [9.17, 15) is 0 Å². The van der Waals surface area contributed by atoms with E-state index >= 15 is 0 Å². The normalized spacial score (nSPS) is 11.5. The Labute approximate surface area is 161 Å². The monoisotopic (exact) mass is 352 g/mol. The molecule has 2 nitrogen and oxygen atoms in total. The molecule has 0 atom stereocenters. The molecule has 0 spiro atoms. The van der Waals surface area contributed by atoms with Gasteiger partial charge in [0.1, 0.15) is 0 Å². The quantitative estimate of drug-likeness (QED) is 0.411. The number of nitrogens with zero attached hydrogens (tertiary/aromatic N) is 2. The first-order valence-electron chi connectivity index (χ1n) is 9.33. The van der Waals surface area contributed by atoms with Crippen LogP contribution in [0.15, 0.2) is 91.1 Å². The summed E-state index contributed by atoms with van der Waals surface area (Å²) in [4.78, 5) is 0. The zero-order valence-corrected chi connectivity index (χ0v) is 16.1. The lowest BCUT2D eigenvalue weighted by atomic mass is 9.86. The second kappa shape index (κ2) is 6.88. The van der Waals surface area contributed by atoms with Gasteiger partial charge < -0.3 is 0 Å². The summed E-state index contributed by atoms with van der Waals surface area (Å²) in [6.45, 7) is 6.70. The zero-order valence-electron chi connectivity index (χ0n) is 16.1. The van der Waals surface area contributed by atoms with E-state index in [4.69, 9.17) is 5.10 Å². The molecule has 0 radical (unpaired) electrons. The minimum absolute atomic E-state index is 0.165. The van der Waals surface area contributed by atoms with Crippen molar-refractivity contribution in [2.24, 2.45) is 0 Å². The number of hydrogen-bond donors (Lipinski definition) is 0. The molecule has 0 aliphatic heterocycles. The first kappa shape index (κ1) is 17.3. The second-order valence-corrected chi connectivity index (χ2v) is 7.89. The van der Waals surface area contributed by atoms with E-state index in [0.29, 0.717) is 0 Å². The molecule has 27 heavy (non-hydrogen) atoms. The molecule has 0 unspecified atom stereocenters. The van der Waals surface area contributed by atoms with Gasteiger partial charge in [0.05, 0.1) is 11.4 Å². The van der Waals surface area contributed by atoms with Crippen LogP contribution in [0, 0.1) is 0 Å². The molecule has 2 heteroatoms. The van der Waals surface area contributed by atoms with Crippen LogP contribution in [0.5, 0.6) is 0 Å². The summed E-state index contributed by atoms with van der Waals surface area (Å²) in [6.07, 6.45) is 2.02. The zero-order chi connectivity index (χ0) is 18.9. The van der Waals surface area contributed by atoms with Crippen LogP contribution in [0.25, 0.3) is 28.1 Å². The maximum absolute atomic E-state index is 4.76. The molecular weight excluding hydrogens is 328 g/mol. The van der Waals surface area contributed by atoms with Crippen LogP contribution >= 0.6 is 0 Å². The first-order valence-corrected chi connectivity index (χ1v) is 9.33. The van der Waals surface area contributed by atoms with Crippen molar-refractivity contribution in [2.75, 3.05) is 0 Å². The maximum atomic E-state index is 4.76. The van der Waals surface area contributed by atoms with E-state index < -0.39 is 0 Å². The van der Waals surface area contributed by atoms with Crippen LogP contribution in [-0.2, 0) is 5.41 Å². The van der Waals surface area contributed by atoms with Gasteiger partial charge in [0.25, 0.3) is 0 Å². The van der Waals surface area contributed by atoms with E-state index in [2.05, 4.69) is 99.6 Å². The fraction of sp³-hybridized carbons (Fsp3) is 0.160. The van der Waals surface area contributed by atoms with Crippen molar-refractivity contribution in [2.45, 2.75) is 26.2 Å². The van der Waals surface area contributed by atoms with Gasteiger partial charge >= 0.3 is 0 Å². The molecule has 0 fully saturated rings. The average molecular weight is 352 g/mol. The van der Waals surface area contributed by atoms with Crippen LogP contribution in [0.2, 0.25) is 0 Å². The lowest BCUT2D eigenvalue weighted by molar-refractivity contribution is 0.590. The molecule has 0 saturated carbocycles. The van der Waals surface area contributed by atoms with Gasteiger partial charge in [0.2, 0.25) is 0 Å². The van der Waals surface area contributed by atoms with Crippen LogP contribution in [-0.4, -0.2) is 9.78 Å². The molecule has 0 saturated heterocycles. The second-order valence-electron chi connectivity index (χ2n) is 7.89. The topological polar surface area (TPSA) is 17.8 Å². The van der Waals surface area contributed by atoms with E-state index in [1.165, 1.54) is 16.7 Å². The molecule has 4 rings (SSSR count). The van der Waals surface area contributed by atoms with Gasteiger partial charge in [-0.25, -0.2) is 4.68 Å². The number of benzene rings is 3. The van der Waals surface area contributed by atoms with Crippen molar-refractivity contribution in [1.82, 2.24) is 9.78 Å². The van der Waals surface area contributed by atoms with Crippen molar-refractivity contribution in [3.8, 4) is 28.1 Å². The van der Waals surface area contributed by atoms with Gasteiger partial charge in [-0.1, -0.05) is 87.5 Å². The highest BCUT2D eigenvalue weighted by atomic mass is 15.3. The molecule has 0 aliphatic rings. The predicted octanol–water partition coefficient (Wildman–Crippen LogP) is 6.50. The Kier molecular flexibility index (Phi) is 4.41. The van der Waals surface area contributed by atoms with Crippen molar-refractivity contribution in [3.05, 3.63) is 96.7 Å². The SMILES string of the molecule is CC(C)(C)c1ccc(-c2ccn(-c3ccc(-c4ccccc4)cc3)n2)cc1. The van der Waals surface area contributed by atoms with Gasteiger partial charge in [0.15, 0.2) is 0 Å². The third-order valence-corrected chi connectivity index (χ3v) is 4.87. The van der Waals surface area contributed by atoms with E-state index in [1.54, 1.807) is 0 Å². The molecule has 1 heterocycles. The Balaban J connectivity index is 1.57. The van der Waals surface area contributed by atoms with Crippen molar-refractivity contribution in [1.29, 1.82) is 0 Å². The minimum atomic E-state index is 0.165. The fourth-order valence-corrected chi connectivity index (χ4v) is 3.20. The smallest absolute Gasteiger partial charge is 0.0927 e. The highest BCUT2D eigenvalue weighted by Gasteiger charge is 2.13. The number of aromatic nitrogens is 2. The minimum Gasteiger partial charge on any atom is -0.240 e. The predicted molar refractivity (Wildman–Crippen MR) is 113 cm³/mol. The molecule has 4 aromatic rings. The maximum Gasteiger partial charge on any atom is 0.0927 e. The lowest BCUT2D eigenvalue weighted by Gasteiger charge is -2.18. The Hall–Kier alpha value is -3.13. The molecule has 0 bridgehead atoms. The van der Waals surface area contributed by atoms with Crippen LogP contribution in [0.3, 0.4) is 0 Å². The summed E-state index contributed by atoms with van der Waals surface area (Å²) in [5.41, 5.74) is 7.13. The summed E-state index contributed by atoms with van der Waals surface area (Å²) in [6, 6.07) is 29.7. The molecule has 3 aromatic carbocycles. The van der Waals surface area contributed by atoms with Crippen molar-refractivity contribution < 1.29 is 0 Å². The van der Waals surface area contributed by atoms with E-state index in [0.717, 1.165) is 16.9 Å². The molecule has 134 valence electrons. The molecule has 0 N–H and O–H groups in total. The summed E-state index contributed by atoms with van der Waals surface area (Å²) in [7, 11) is 0. The van der Waals surface area contributed by atoms with Gasteiger partial charge in [-0.05, 0) is 40.3 Å². The Bertz CT molecular complexity index is 1020. The van der Waals surface area contributed by atoms with E-state index in [1.807, 2.05) is 16.9 Å². The average Bonchev–Trinajstić information content (AvgIpc) is 3.18. The van der Waals surface area contributed by atoms with Crippen LogP contribution < -0.4 is 0 Å². The summed E-state index contributed by atoms with van der Waals surface area (Å²) >= 11 is 0. The standard InChI is InChI=1S/C25H24N2/c1-25(2,3)22-13-9-21(10-14-22)24-17-18-27(26-24)23-15-11-20(12-16-23)19-7-5-4-6-8-19/h4-18H,1-3H3. The third-order valence-electron chi connectivity index (χ3n) is 4.87. The fourth-order valence-electron chi connectivity index (χ4n) is 3.20. The Morgan fingerprint density at radius 2 is 1.22 bits per heavy atom. The van der Waals surface area contributed by atoms with Crippen molar-refractivity contribution >= 4 is 0 Å². The Morgan fingerprint density at radius 3 is 1.85 bits per heavy atom. The summed E-state index contributed by atoms with van der Waals surface area (Å²) in [5, 5.41) is 4.76. The first-order chi connectivity index (χ1) is 13.0. The third kappa shape index (κ3) is 3.70. The van der Waals surface area contributed by atoms with Gasteiger partial charge in [-0.15, -0.1) is 0 Å². The largest absolute Gasteiger partial charge is 0.240 e. The highest BCUT2D eigenvalue weighted by Crippen LogP contribution is 2.26. The number of rotatable bonds is 3. The molecule has 1 aromatic heterocycles. The highest BCUT2D eigenvalue weighted by molar-refractivity contribution is 5.65. The Morgan fingerprint density at radius 1 is 0.630 bits per heavy atom. The summed E-state index contributed by atoms with van der Waals surface area (Å²) in [5.74, 6) is 0. The lowest BCUT2D eigenvalue weighted by Crippen LogP contribution is -2.10.